The summed E-state index contributed by atoms with van der Waals surface area (Å²) in [5, 5.41) is 19.9. The Morgan fingerprint density at radius 3 is 1.50 bits per heavy atom. The van der Waals surface area contributed by atoms with Gasteiger partial charge in [0.15, 0.2) is 0 Å². The van der Waals surface area contributed by atoms with Crippen molar-refractivity contribution in [1.29, 1.82) is 0 Å². The van der Waals surface area contributed by atoms with Crippen LogP contribution >= 0.6 is 23.2 Å². The van der Waals surface area contributed by atoms with Crippen LogP contribution in [0.3, 0.4) is 0 Å². The van der Waals surface area contributed by atoms with Crippen molar-refractivity contribution in [3.63, 3.8) is 0 Å². The van der Waals surface area contributed by atoms with Crippen molar-refractivity contribution in [2.45, 2.75) is 32.9 Å². The second kappa shape index (κ2) is 17.0. The van der Waals surface area contributed by atoms with Gasteiger partial charge in [0, 0.05) is 74.5 Å². The SMILES string of the molecule is CC(C)(C)OC(=O)CN1CCN(CC(=O)O)CCN(CC(=O)O)CCN(Cc2c(Cl)cccc2Cl)CC1.[NaH]. The number of ether oxygens (including phenoxy) is 1. The summed E-state index contributed by atoms with van der Waals surface area (Å²) in [7, 11) is 0. The van der Waals surface area contributed by atoms with E-state index >= 15 is 0 Å². The summed E-state index contributed by atoms with van der Waals surface area (Å²) in [5.41, 5.74) is 0.174. The number of rotatable bonds is 8. The molecule has 1 heterocycles. The topological polar surface area (TPSA) is 114 Å². The van der Waals surface area contributed by atoms with Crippen molar-refractivity contribution in [2.75, 3.05) is 72.0 Å². The van der Waals surface area contributed by atoms with Crippen molar-refractivity contribution >= 4 is 70.7 Å². The van der Waals surface area contributed by atoms with Gasteiger partial charge in [-0.05, 0) is 32.9 Å². The Morgan fingerprint density at radius 2 is 1.13 bits per heavy atom. The molecular weight excluding hydrogens is 546 g/mol. The fourth-order valence-electron chi connectivity index (χ4n) is 4.06. The molecule has 1 fully saturated rings. The van der Waals surface area contributed by atoms with E-state index in [0.29, 0.717) is 68.9 Å². The number of carboxylic acid groups (broad SMARTS) is 2. The number of benzene rings is 1. The molecule has 1 aromatic rings. The summed E-state index contributed by atoms with van der Waals surface area (Å²) < 4.78 is 5.51. The molecule has 2 rings (SSSR count). The van der Waals surface area contributed by atoms with Gasteiger partial charge in [-0.25, -0.2) is 0 Å². The Kier molecular flexibility index (Phi) is 15.7. The number of hydrogen-bond donors (Lipinski definition) is 2. The number of hydrogen-bond acceptors (Lipinski definition) is 8. The number of esters is 1. The van der Waals surface area contributed by atoms with Crippen LogP contribution < -0.4 is 0 Å². The van der Waals surface area contributed by atoms with E-state index in [9.17, 15) is 24.6 Å². The van der Waals surface area contributed by atoms with Gasteiger partial charge in [-0.3, -0.25) is 34.0 Å². The second-order valence-corrected chi connectivity index (χ2v) is 11.0. The second-order valence-electron chi connectivity index (χ2n) is 10.2. The van der Waals surface area contributed by atoms with Crippen LogP contribution in [-0.2, 0) is 25.7 Å². The van der Waals surface area contributed by atoms with E-state index < -0.39 is 17.5 Å². The van der Waals surface area contributed by atoms with Crippen LogP contribution in [0.15, 0.2) is 18.2 Å². The molecule has 0 radical (unpaired) electrons. The van der Waals surface area contributed by atoms with Gasteiger partial charge in [-0.2, -0.15) is 0 Å². The predicted octanol–water partition coefficient (Wildman–Crippen LogP) is 1.58. The minimum absolute atomic E-state index is 0. The average molecular weight is 586 g/mol. The summed E-state index contributed by atoms with van der Waals surface area (Å²) in [4.78, 5) is 43.1. The molecule has 0 spiro atoms. The molecule has 0 atom stereocenters. The molecule has 1 aliphatic rings. The van der Waals surface area contributed by atoms with E-state index in [2.05, 4.69) is 4.90 Å². The molecular formula is C25H39Cl2N4NaO6. The van der Waals surface area contributed by atoms with Gasteiger partial charge in [-0.15, -0.1) is 0 Å². The number of aliphatic carboxylic acids is 2. The Labute approximate surface area is 257 Å². The van der Waals surface area contributed by atoms with Crippen molar-refractivity contribution in [2.24, 2.45) is 0 Å². The van der Waals surface area contributed by atoms with Gasteiger partial charge < -0.3 is 14.9 Å². The summed E-state index contributed by atoms with van der Waals surface area (Å²) in [5.74, 6) is -2.25. The molecule has 38 heavy (non-hydrogen) atoms. The third kappa shape index (κ3) is 13.9. The van der Waals surface area contributed by atoms with E-state index in [0.717, 1.165) is 5.56 Å². The first kappa shape index (κ1) is 35.1. The Hall–Kier alpha value is -0.950. The van der Waals surface area contributed by atoms with Crippen LogP contribution in [0.1, 0.15) is 26.3 Å². The standard InChI is InChI=1S/C25H38Cl2N4O6.Na.H/c1-25(2,3)37-24(36)18-31-13-8-28(15-19-20(26)5-4-6-21(19)27)7-9-29(16-22(32)33)10-11-30(12-14-31)17-23(34)35;;/h4-6H,7-18H2,1-3H3,(H,32,33)(H,34,35);;. The molecule has 13 heteroatoms. The van der Waals surface area contributed by atoms with Crippen LogP contribution in [0, 0.1) is 0 Å². The van der Waals surface area contributed by atoms with Gasteiger partial charge in [0.1, 0.15) is 5.60 Å². The number of halogens is 2. The van der Waals surface area contributed by atoms with Crippen molar-refractivity contribution in [3.05, 3.63) is 33.8 Å². The number of nitrogens with zero attached hydrogens (tertiary/aromatic N) is 4. The summed E-state index contributed by atoms with van der Waals surface area (Å²) in [6.07, 6.45) is 0. The molecule has 0 bridgehead atoms. The maximum atomic E-state index is 12.6. The first-order valence-electron chi connectivity index (χ1n) is 12.3. The van der Waals surface area contributed by atoms with Gasteiger partial charge in [-0.1, -0.05) is 29.3 Å². The van der Waals surface area contributed by atoms with Crippen LogP contribution in [-0.4, -0.2) is 155 Å². The van der Waals surface area contributed by atoms with Crippen molar-refractivity contribution in [3.8, 4) is 0 Å². The van der Waals surface area contributed by atoms with Gasteiger partial charge >= 0.3 is 47.5 Å². The van der Waals surface area contributed by atoms with Crippen LogP contribution in [0.25, 0.3) is 0 Å². The molecule has 210 valence electrons. The zero-order valence-electron chi connectivity index (χ0n) is 21.8. The maximum absolute atomic E-state index is 12.6. The number of carbonyl (C=O) groups is 3. The minimum atomic E-state index is -0.960. The van der Waals surface area contributed by atoms with E-state index in [-0.39, 0.29) is 55.2 Å². The van der Waals surface area contributed by atoms with Gasteiger partial charge in [0.05, 0.1) is 19.6 Å². The Morgan fingerprint density at radius 1 is 0.763 bits per heavy atom. The fraction of sp³-hybridized carbons (Fsp3) is 0.640. The molecule has 0 aliphatic carbocycles. The molecule has 1 saturated heterocycles. The normalized spacial score (nSPS) is 17.6. The van der Waals surface area contributed by atoms with Crippen LogP contribution in [0.5, 0.6) is 0 Å². The fourth-order valence-corrected chi connectivity index (χ4v) is 4.57. The molecule has 0 amide bonds. The summed E-state index contributed by atoms with van der Waals surface area (Å²) >= 11 is 12.8. The first-order chi connectivity index (χ1) is 17.3. The van der Waals surface area contributed by atoms with E-state index in [4.69, 9.17) is 27.9 Å². The summed E-state index contributed by atoms with van der Waals surface area (Å²) in [6, 6.07) is 5.34. The molecule has 1 aromatic carbocycles. The van der Waals surface area contributed by atoms with Crippen LogP contribution in [0.4, 0.5) is 0 Å². The van der Waals surface area contributed by atoms with E-state index in [1.165, 1.54) is 0 Å². The third-order valence-electron chi connectivity index (χ3n) is 5.86. The van der Waals surface area contributed by atoms with E-state index in [1.807, 2.05) is 25.7 Å². The third-order valence-corrected chi connectivity index (χ3v) is 6.57. The number of carboxylic acids is 2. The zero-order chi connectivity index (χ0) is 27.6. The molecule has 2 N–H and O–H groups in total. The molecule has 0 saturated carbocycles. The van der Waals surface area contributed by atoms with Gasteiger partial charge in [0.25, 0.3) is 0 Å². The first-order valence-corrected chi connectivity index (χ1v) is 13.1. The zero-order valence-corrected chi connectivity index (χ0v) is 23.3. The van der Waals surface area contributed by atoms with Crippen LogP contribution in [0.2, 0.25) is 10.0 Å². The van der Waals surface area contributed by atoms with Crippen molar-refractivity contribution < 1.29 is 29.3 Å². The predicted molar refractivity (Wildman–Crippen MR) is 149 cm³/mol. The van der Waals surface area contributed by atoms with Gasteiger partial charge in [0.2, 0.25) is 0 Å². The number of carbonyl (C=O) groups excluding carboxylic acids is 1. The quantitative estimate of drug-likeness (QED) is 0.345. The monoisotopic (exact) mass is 584 g/mol. The Balaban J connectivity index is 0.00000722. The average Bonchev–Trinajstić information content (AvgIpc) is 2.75. The molecule has 10 nitrogen and oxygen atoms in total. The molecule has 1 aliphatic heterocycles. The summed E-state index contributed by atoms with van der Waals surface area (Å²) in [6.45, 7) is 9.37. The Bertz CT molecular complexity index is 913. The molecule has 0 aromatic heterocycles. The van der Waals surface area contributed by atoms with E-state index in [1.54, 1.807) is 28.0 Å². The van der Waals surface area contributed by atoms with Crippen molar-refractivity contribution in [1.82, 2.24) is 19.6 Å². The molecule has 0 unspecified atom stereocenters.